The highest BCUT2D eigenvalue weighted by Gasteiger charge is 2.44. The summed E-state index contributed by atoms with van der Waals surface area (Å²) in [5, 5.41) is 13.2. The number of nitrogens with one attached hydrogen (secondary N) is 2. The van der Waals surface area contributed by atoms with E-state index in [-0.39, 0.29) is 12.8 Å². The number of ether oxygens (including phenoxy) is 1. The highest BCUT2D eigenvalue weighted by molar-refractivity contribution is 7.55. The molecule has 0 fully saturated rings. The molecule has 2 atom stereocenters. The monoisotopic (exact) mass is 439 g/mol. The van der Waals surface area contributed by atoms with E-state index in [9.17, 15) is 23.7 Å². The molecule has 2 amide bonds. The Bertz CT molecular complexity index is 625. The van der Waals surface area contributed by atoms with Crippen molar-refractivity contribution in [1.82, 2.24) is 10.6 Å². The first-order valence-corrected chi connectivity index (χ1v) is 10.5. The second-order valence-corrected chi connectivity index (χ2v) is 8.61. The third-order valence-electron chi connectivity index (χ3n) is 3.21. The van der Waals surface area contributed by atoms with E-state index in [4.69, 9.17) is 19.9 Å². The van der Waals surface area contributed by atoms with Gasteiger partial charge in [-0.3, -0.25) is 23.7 Å². The molecule has 0 aliphatic heterocycles. The zero-order valence-corrected chi connectivity index (χ0v) is 18.1. The fourth-order valence-corrected chi connectivity index (χ4v) is 4.13. The minimum absolute atomic E-state index is 0.210. The van der Waals surface area contributed by atoms with Gasteiger partial charge in [-0.05, 0) is 34.1 Å². The summed E-state index contributed by atoms with van der Waals surface area (Å²) in [4.78, 5) is 46.9. The van der Waals surface area contributed by atoms with Gasteiger partial charge in [0.1, 0.15) is 12.6 Å². The number of amides is 2. The Morgan fingerprint density at radius 3 is 2.00 bits per heavy atom. The maximum absolute atomic E-state index is 13.3. The number of carbonyl (C=O) groups excluding carboxylic acids is 3. The van der Waals surface area contributed by atoms with Crippen LogP contribution in [-0.2, 0) is 37.5 Å². The number of nitrogens with two attached hydrogens (primary N) is 1. The van der Waals surface area contributed by atoms with E-state index in [1.165, 1.54) is 0 Å². The largest absolute Gasteiger partial charge is 0.480 e. The Morgan fingerprint density at radius 2 is 1.59 bits per heavy atom. The third-order valence-corrected chi connectivity index (χ3v) is 5.64. The molecule has 13 heteroatoms. The van der Waals surface area contributed by atoms with Crippen LogP contribution in [0.1, 0.15) is 40.5 Å². The van der Waals surface area contributed by atoms with Crippen LogP contribution in [0.25, 0.3) is 0 Å². The fraction of sp³-hybridized carbons (Fsp3) is 0.750. The smallest absolute Gasteiger partial charge is 0.362 e. The van der Waals surface area contributed by atoms with E-state index in [0.717, 1.165) is 7.11 Å². The van der Waals surface area contributed by atoms with Gasteiger partial charge in [0.15, 0.2) is 0 Å². The number of carboxylic acid groups (broad SMARTS) is 1. The molecular formula is C16H30N3O9P. The summed E-state index contributed by atoms with van der Waals surface area (Å²) in [5.74, 6) is -5.61. The van der Waals surface area contributed by atoms with Gasteiger partial charge in [0.05, 0.1) is 19.3 Å². The predicted molar refractivity (Wildman–Crippen MR) is 102 cm³/mol. The topological polar surface area (TPSA) is 183 Å². The molecule has 0 aromatic carbocycles. The molecule has 0 bridgehead atoms. The lowest BCUT2D eigenvalue weighted by Crippen LogP contribution is -2.49. The van der Waals surface area contributed by atoms with Gasteiger partial charge in [-0.25, -0.2) is 0 Å². The van der Waals surface area contributed by atoms with Crippen LogP contribution in [0.3, 0.4) is 0 Å². The Morgan fingerprint density at radius 1 is 1.07 bits per heavy atom. The number of hydrogen-bond donors (Lipinski definition) is 4. The normalized spacial score (nSPS) is 13.7. The standard InChI is InChI=1S/C16H30N3O9P/c1-9(2)27-29(25,28-10(3)4)15(14(22)18-8-13(21)26-5)19-12(20)7-6-11(17)16(23)24/h9-11,15H,6-8,17H2,1-5H3,(H,18,22)(H,19,20)(H,23,24)/t11-,15?/m0/s1. The molecule has 168 valence electrons. The van der Waals surface area contributed by atoms with Crippen LogP contribution in [0.5, 0.6) is 0 Å². The summed E-state index contributed by atoms with van der Waals surface area (Å²) in [6.45, 7) is 5.72. The molecule has 29 heavy (non-hydrogen) atoms. The highest BCUT2D eigenvalue weighted by atomic mass is 31.2. The maximum Gasteiger partial charge on any atom is 0.362 e. The number of hydrogen-bond acceptors (Lipinski definition) is 9. The summed E-state index contributed by atoms with van der Waals surface area (Å²) in [6, 6.07) is -1.28. The zero-order valence-electron chi connectivity index (χ0n) is 17.2. The summed E-state index contributed by atoms with van der Waals surface area (Å²) in [5.41, 5.74) is 5.35. The van der Waals surface area contributed by atoms with Crippen LogP contribution < -0.4 is 16.4 Å². The van der Waals surface area contributed by atoms with Crippen LogP contribution in [0.15, 0.2) is 0 Å². The Hall–Kier alpha value is -2.01. The van der Waals surface area contributed by atoms with Gasteiger partial charge in [-0.2, -0.15) is 0 Å². The van der Waals surface area contributed by atoms with Gasteiger partial charge < -0.3 is 35.3 Å². The van der Waals surface area contributed by atoms with E-state index < -0.39 is 61.9 Å². The lowest BCUT2D eigenvalue weighted by molar-refractivity contribution is -0.141. The molecule has 0 spiro atoms. The summed E-state index contributed by atoms with van der Waals surface area (Å²) < 4.78 is 28.4. The number of carbonyl (C=O) groups is 4. The molecule has 0 heterocycles. The lowest BCUT2D eigenvalue weighted by atomic mass is 10.1. The van der Waals surface area contributed by atoms with Gasteiger partial charge in [-0.15, -0.1) is 0 Å². The van der Waals surface area contributed by atoms with Crippen LogP contribution in [0, 0.1) is 0 Å². The second-order valence-electron chi connectivity index (χ2n) is 6.60. The lowest BCUT2D eigenvalue weighted by Gasteiger charge is -2.29. The molecule has 5 N–H and O–H groups in total. The molecule has 1 unspecified atom stereocenters. The van der Waals surface area contributed by atoms with Crippen molar-refractivity contribution in [3.63, 3.8) is 0 Å². The van der Waals surface area contributed by atoms with Crippen molar-refractivity contribution < 1.29 is 42.6 Å². The molecular weight excluding hydrogens is 409 g/mol. The number of methoxy groups -OCH3 is 1. The summed E-state index contributed by atoms with van der Waals surface area (Å²) in [6.07, 6.45) is -1.80. The van der Waals surface area contributed by atoms with E-state index >= 15 is 0 Å². The van der Waals surface area contributed by atoms with Crippen molar-refractivity contribution in [2.24, 2.45) is 5.73 Å². The third kappa shape index (κ3) is 10.4. The first-order valence-electron chi connectivity index (χ1n) is 8.91. The molecule has 0 aliphatic carbocycles. The number of esters is 1. The van der Waals surface area contributed by atoms with Crippen LogP contribution in [0.2, 0.25) is 0 Å². The van der Waals surface area contributed by atoms with E-state index in [1.807, 2.05) is 0 Å². The number of rotatable bonds is 13. The van der Waals surface area contributed by atoms with Gasteiger partial charge in [-0.1, -0.05) is 0 Å². The molecule has 0 aromatic heterocycles. The van der Waals surface area contributed by atoms with Crippen molar-refractivity contribution in [1.29, 1.82) is 0 Å². The first-order chi connectivity index (χ1) is 13.3. The summed E-state index contributed by atoms with van der Waals surface area (Å²) in [7, 11) is -3.11. The maximum atomic E-state index is 13.3. The molecule has 0 aromatic rings. The SMILES string of the molecule is COC(=O)CNC(=O)C(NC(=O)CC[C@H](N)C(=O)O)P(=O)(OC(C)C)OC(C)C. The number of aliphatic carboxylic acids is 1. The van der Waals surface area contributed by atoms with Crippen LogP contribution in [-0.4, -0.2) is 66.5 Å². The zero-order chi connectivity index (χ0) is 22.8. The Kier molecular flexibility index (Phi) is 11.7. The Balaban J connectivity index is 5.57. The molecule has 12 nitrogen and oxygen atoms in total. The van der Waals surface area contributed by atoms with E-state index in [2.05, 4.69) is 15.4 Å². The number of carboxylic acids is 1. The average Bonchev–Trinajstić information content (AvgIpc) is 2.59. The summed E-state index contributed by atoms with van der Waals surface area (Å²) >= 11 is 0. The van der Waals surface area contributed by atoms with Gasteiger partial charge in [0.2, 0.25) is 11.7 Å². The van der Waals surface area contributed by atoms with E-state index in [1.54, 1.807) is 27.7 Å². The van der Waals surface area contributed by atoms with Crippen molar-refractivity contribution in [2.45, 2.75) is 64.6 Å². The molecule has 0 aliphatic rings. The van der Waals surface area contributed by atoms with Crippen LogP contribution in [0.4, 0.5) is 0 Å². The van der Waals surface area contributed by atoms with Gasteiger partial charge in [0.25, 0.3) is 5.91 Å². The molecule has 0 radical (unpaired) electrons. The Labute approximate surface area is 169 Å². The van der Waals surface area contributed by atoms with Crippen molar-refractivity contribution in [3.05, 3.63) is 0 Å². The average molecular weight is 439 g/mol. The van der Waals surface area contributed by atoms with E-state index in [0.29, 0.717) is 0 Å². The predicted octanol–water partition coefficient (Wildman–Crippen LogP) is -0.0469. The minimum atomic E-state index is -4.23. The van der Waals surface area contributed by atoms with Crippen molar-refractivity contribution in [2.75, 3.05) is 13.7 Å². The quantitative estimate of drug-likeness (QED) is 0.224. The van der Waals surface area contributed by atoms with Crippen molar-refractivity contribution in [3.8, 4) is 0 Å². The van der Waals surface area contributed by atoms with Gasteiger partial charge >= 0.3 is 19.5 Å². The highest BCUT2D eigenvalue weighted by Crippen LogP contribution is 2.54. The first kappa shape index (κ1) is 27.0. The molecule has 0 saturated heterocycles. The van der Waals surface area contributed by atoms with Gasteiger partial charge in [0, 0.05) is 6.42 Å². The molecule has 0 rings (SSSR count). The van der Waals surface area contributed by atoms with Crippen LogP contribution >= 0.6 is 7.60 Å². The second kappa shape index (κ2) is 12.5. The van der Waals surface area contributed by atoms with Crippen molar-refractivity contribution >= 4 is 31.3 Å². The fourth-order valence-electron chi connectivity index (χ4n) is 1.99. The minimum Gasteiger partial charge on any atom is -0.480 e. The molecule has 0 saturated carbocycles.